The molecule has 3 N–H and O–H groups in total. The molecule has 240 valence electrons. The van der Waals surface area contributed by atoms with E-state index in [1.807, 2.05) is 0 Å². The van der Waals surface area contributed by atoms with E-state index in [0.29, 0.717) is 5.02 Å². The van der Waals surface area contributed by atoms with E-state index in [4.69, 9.17) is 39.9 Å². The Morgan fingerprint density at radius 1 is 0.841 bits per heavy atom. The van der Waals surface area contributed by atoms with Gasteiger partial charge in [0.25, 0.3) is 11.1 Å². The summed E-state index contributed by atoms with van der Waals surface area (Å²) in [5.74, 6) is -4.12. The molecule has 0 saturated heterocycles. The standard InChI is InChI=1S/C9H7ClF3NO5S.C8H8ClNO3.C6H4ClNO3/c1-2-18-8(15)6-3-5(10)4-14-7(6)19-20(16,17)9(11,12)13;1-2-13-8(12)6-3-5(9)4-10-7(6)11;7-3-1-4(6(10)11)5(9)8-2-3/h3-4H,2H2,1H3;3-4H,2H2,1H3,(H,10,11);1-2H,(H,8,9)(H,10,11). The summed E-state index contributed by atoms with van der Waals surface area (Å²) < 4.78 is 71.3. The molecule has 44 heavy (non-hydrogen) atoms. The van der Waals surface area contributed by atoms with Crippen LogP contribution in [0.2, 0.25) is 15.1 Å². The molecule has 21 heteroatoms. The molecule has 0 aromatic carbocycles. The van der Waals surface area contributed by atoms with Gasteiger partial charge < -0.3 is 28.7 Å². The SMILES string of the molecule is CCOC(=O)c1cc(Cl)c[nH]c1=O.CCOC(=O)c1cc(Cl)cnc1OS(=O)(=O)C(F)(F)F.O=C(O)c1cc(Cl)c[nH]c1=O. The average Bonchev–Trinajstić information content (AvgIpc) is 2.92. The number of alkyl halides is 3. The maximum atomic E-state index is 12.2. The minimum atomic E-state index is -5.95. The minimum absolute atomic E-state index is 0.0747. The molecule has 0 aliphatic heterocycles. The number of carboxylic acid groups (broad SMARTS) is 1. The summed E-state index contributed by atoms with van der Waals surface area (Å²) in [6.45, 7) is 3.25. The number of halogens is 6. The molecule has 0 aliphatic rings. The molecule has 0 aliphatic carbocycles. The van der Waals surface area contributed by atoms with Crippen molar-refractivity contribution in [2.24, 2.45) is 0 Å². The van der Waals surface area contributed by atoms with Crippen LogP contribution in [0.5, 0.6) is 5.88 Å². The number of nitrogens with one attached hydrogen (secondary N) is 2. The first kappa shape index (κ1) is 37.9. The molecule has 0 amide bonds. The number of aromatic carboxylic acids is 1. The van der Waals surface area contributed by atoms with Gasteiger partial charge in [0.05, 0.1) is 28.3 Å². The Morgan fingerprint density at radius 2 is 1.27 bits per heavy atom. The molecule has 0 spiro atoms. The van der Waals surface area contributed by atoms with Crippen LogP contribution in [0.25, 0.3) is 0 Å². The largest absolute Gasteiger partial charge is 0.534 e. The lowest BCUT2D eigenvalue weighted by molar-refractivity contribution is -0.0502. The van der Waals surface area contributed by atoms with Crippen LogP contribution in [0, 0.1) is 0 Å². The lowest BCUT2D eigenvalue weighted by Gasteiger charge is -2.11. The van der Waals surface area contributed by atoms with Crippen LogP contribution < -0.4 is 15.3 Å². The van der Waals surface area contributed by atoms with Crippen molar-refractivity contribution < 1.29 is 54.7 Å². The highest BCUT2D eigenvalue weighted by atomic mass is 35.5. The first-order chi connectivity index (χ1) is 20.3. The van der Waals surface area contributed by atoms with Gasteiger partial charge in [0.1, 0.15) is 16.7 Å². The zero-order valence-electron chi connectivity index (χ0n) is 22.0. The van der Waals surface area contributed by atoms with Crippen LogP contribution in [0.1, 0.15) is 44.9 Å². The van der Waals surface area contributed by atoms with Crippen molar-refractivity contribution >= 4 is 62.8 Å². The van der Waals surface area contributed by atoms with E-state index in [1.54, 1.807) is 6.92 Å². The quantitative estimate of drug-likeness (QED) is 0.180. The summed E-state index contributed by atoms with van der Waals surface area (Å²) in [4.78, 5) is 62.4. The Balaban J connectivity index is 0.000000349. The van der Waals surface area contributed by atoms with E-state index in [9.17, 15) is 45.6 Å². The summed E-state index contributed by atoms with van der Waals surface area (Å²) in [6, 6.07) is 3.26. The Morgan fingerprint density at radius 3 is 1.70 bits per heavy atom. The number of esters is 2. The molecule has 0 radical (unpaired) electrons. The maximum Gasteiger partial charge on any atom is 0.534 e. The predicted octanol–water partition coefficient (Wildman–Crippen LogP) is 4.07. The summed E-state index contributed by atoms with van der Waals surface area (Å²) in [6.07, 6.45) is 3.37. The van der Waals surface area contributed by atoms with Gasteiger partial charge in [0.2, 0.25) is 5.88 Å². The Kier molecular flexibility index (Phi) is 14.3. The van der Waals surface area contributed by atoms with Crippen molar-refractivity contribution in [1.82, 2.24) is 15.0 Å². The topological polar surface area (TPSA) is 212 Å². The van der Waals surface area contributed by atoms with Crippen LogP contribution >= 0.6 is 34.8 Å². The lowest BCUT2D eigenvalue weighted by Crippen LogP contribution is -2.29. The van der Waals surface area contributed by atoms with Crippen LogP contribution in [-0.2, 0) is 19.6 Å². The van der Waals surface area contributed by atoms with Crippen molar-refractivity contribution in [3.8, 4) is 5.88 Å². The maximum absolute atomic E-state index is 12.2. The van der Waals surface area contributed by atoms with E-state index < -0.39 is 56.1 Å². The van der Waals surface area contributed by atoms with E-state index in [1.165, 1.54) is 25.4 Å². The number of pyridine rings is 3. The van der Waals surface area contributed by atoms with Crippen molar-refractivity contribution in [2.75, 3.05) is 13.2 Å². The molecular formula is C23H19Cl3F3N3O11S. The zero-order chi connectivity index (χ0) is 33.8. The number of H-pyrrole nitrogens is 2. The van der Waals surface area contributed by atoms with Gasteiger partial charge in [-0.05, 0) is 32.0 Å². The normalized spacial score (nSPS) is 10.7. The lowest BCUT2D eigenvalue weighted by atomic mass is 10.3. The second-order valence-electron chi connectivity index (χ2n) is 7.36. The van der Waals surface area contributed by atoms with Crippen molar-refractivity contribution in [2.45, 2.75) is 19.4 Å². The van der Waals surface area contributed by atoms with Crippen LogP contribution in [0.4, 0.5) is 13.2 Å². The summed E-state index contributed by atoms with van der Waals surface area (Å²) in [5.41, 5.74) is -7.86. The van der Waals surface area contributed by atoms with Gasteiger partial charge >= 0.3 is 33.5 Å². The van der Waals surface area contributed by atoms with E-state index >= 15 is 0 Å². The van der Waals surface area contributed by atoms with Gasteiger partial charge in [0, 0.05) is 18.6 Å². The fraction of sp³-hybridized carbons (Fsp3) is 0.217. The molecular weight excluding hydrogens is 690 g/mol. The highest BCUT2D eigenvalue weighted by Crippen LogP contribution is 2.29. The minimum Gasteiger partial charge on any atom is -0.477 e. The number of carbonyl (C=O) groups is 3. The highest BCUT2D eigenvalue weighted by molar-refractivity contribution is 7.88. The van der Waals surface area contributed by atoms with Crippen molar-refractivity contribution in [3.63, 3.8) is 0 Å². The van der Waals surface area contributed by atoms with Gasteiger partial charge in [-0.25, -0.2) is 19.4 Å². The number of rotatable bonds is 7. The zero-order valence-corrected chi connectivity index (χ0v) is 25.1. The summed E-state index contributed by atoms with van der Waals surface area (Å²) in [5, 5.41) is 8.80. The van der Waals surface area contributed by atoms with E-state index in [-0.39, 0.29) is 34.4 Å². The predicted molar refractivity (Wildman–Crippen MR) is 148 cm³/mol. The summed E-state index contributed by atoms with van der Waals surface area (Å²) >= 11 is 16.5. The molecule has 0 fully saturated rings. The third kappa shape index (κ3) is 11.5. The molecule has 0 unspecified atom stereocenters. The monoisotopic (exact) mass is 707 g/mol. The first-order valence-corrected chi connectivity index (χ1v) is 13.9. The van der Waals surface area contributed by atoms with Gasteiger partial charge in [-0.2, -0.15) is 21.6 Å². The molecule has 0 bridgehead atoms. The molecule has 0 atom stereocenters. The van der Waals surface area contributed by atoms with Gasteiger partial charge in [-0.15, -0.1) is 0 Å². The van der Waals surface area contributed by atoms with Gasteiger partial charge in [-0.3, -0.25) is 9.59 Å². The Bertz CT molecular complexity index is 1730. The number of hydrogen-bond donors (Lipinski definition) is 3. The van der Waals surface area contributed by atoms with Crippen LogP contribution in [0.3, 0.4) is 0 Å². The van der Waals surface area contributed by atoms with Gasteiger partial charge in [0.15, 0.2) is 0 Å². The fourth-order valence-corrected chi connectivity index (χ4v) is 3.35. The van der Waals surface area contributed by atoms with Crippen molar-refractivity contribution in [1.29, 1.82) is 0 Å². The fourth-order valence-electron chi connectivity index (χ4n) is 2.43. The van der Waals surface area contributed by atoms with Crippen LogP contribution in [0.15, 0.2) is 46.4 Å². The Labute approximate surface area is 259 Å². The number of aromatic nitrogens is 3. The molecule has 3 heterocycles. The molecule has 3 rings (SSSR count). The third-order valence-corrected chi connectivity index (χ3v) is 5.83. The second-order valence-corrected chi connectivity index (χ2v) is 10.2. The first-order valence-electron chi connectivity index (χ1n) is 11.3. The van der Waals surface area contributed by atoms with Crippen LogP contribution in [-0.4, -0.2) is 65.1 Å². The number of carboxylic acids is 1. The number of ether oxygens (including phenoxy) is 2. The number of aromatic amines is 2. The number of carbonyl (C=O) groups excluding carboxylic acids is 2. The van der Waals surface area contributed by atoms with Gasteiger partial charge in [-0.1, -0.05) is 34.8 Å². The molecule has 0 saturated carbocycles. The highest BCUT2D eigenvalue weighted by Gasteiger charge is 2.49. The molecule has 3 aromatic heterocycles. The van der Waals surface area contributed by atoms with E-state index in [0.717, 1.165) is 18.3 Å². The third-order valence-electron chi connectivity index (χ3n) is 4.25. The summed E-state index contributed by atoms with van der Waals surface area (Å²) in [7, 11) is -5.95. The molecule has 3 aromatic rings. The van der Waals surface area contributed by atoms with Crippen molar-refractivity contribution in [3.05, 3.63) is 89.3 Å². The Hall–Kier alpha value is -4.13. The van der Waals surface area contributed by atoms with E-state index in [2.05, 4.69) is 28.6 Å². The molecule has 14 nitrogen and oxygen atoms in total. The smallest absolute Gasteiger partial charge is 0.477 e. The number of hydrogen-bond acceptors (Lipinski definition) is 11. The average molecular weight is 709 g/mol. The second kappa shape index (κ2) is 16.6. The number of nitrogens with zero attached hydrogens (tertiary/aromatic N) is 1.